The van der Waals surface area contributed by atoms with E-state index in [0.29, 0.717) is 6.42 Å². The van der Waals surface area contributed by atoms with Gasteiger partial charge in [0.2, 0.25) is 5.91 Å². The molecule has 1 aromatic carbocycles. The second-order valence-corrected chi connectivity index (χ2v) is 7.31. The van der Waals surface area contributed by atoms with Gasteiger partial charge in [0.05, 0.1) is 0 Å². The van der Waals surface area contributed by atoms with Gasteiger partial charge in [-0.05, 0) is 25.3 Å². The number of hydrogen-bond acceptors (Lipinski definition) is 3. The van der Waals surface area contributed by atoms with Crippen molar-refractivity contribution in [2.24, 2.45) is 0 Å². The first-order chi connectivity index (χ1) is 12.9. The van der Waals surface area contributed by atoms with Crippen molar-refractivity contribution in [3.8, 4) is 0 Å². The van der Waals surface area contributed by atoms with Gasteiger partial charge in [0.25, 0.3) is 5.91 Å². The topological polar surface area (TPSA) is 78.5 Å². The van der Waals surface area contributed by atoms with Crippen LogP contribution in [0.1, 0.15) is 64.9 Å². The highest BCUT2D eigenvalue weighted by molar-refractivity contribution is 6.09. The predicted octanol–water partition coefficient (Wildman–Crippen LogP) is 3.32. The zero-order chi connectivity index (χ0) is 19.9. The number of unbranched alkanes of at least 4 members (excludes halogenated alkanes) is 2. The molecule has 2 rings (SSSR count). The molecule has 6 nitrogen and oxygen atoms in total. The van der Waals surface area contributed by atoms with Gasteiger partial charge in [-0.2, -0.15) is 0 Å². The summed E-state index contributed by atoms with van der Waals surface area (Å²) in [6.45, 7) is 5.81. The van der Waals surface area contributed by atoms with Crippen LogP contribution in [0.2, 0.25) is 0 Å². The fraction of sp³-hybridized carbons (Fsp3) is 0.571. The SMILES string of the molecule is CCCCC[C@@H](C)NC(=O)CN1C(=O)N[C@@](CCC)(c2ccccc2)C1=O. The molecule has 148 valence electrons. The average Bonchev–Trinajstić information content (AvgIpc) is 2.88. The quantitative estimate of drug-likeness (QED) is 0.488. The smallest absolute Gasteiger partial charge is 0.325 e. The van der Waals surface area contributed by atoms with Crippen molar-refractivity contribution >= 4 is 17.8 Å². The summed E-state index contributed by atoms with van der Waals surface area (Å²) in [5, 5.41) is 5.74. The molecular formula is C21H31N3O3. The number of urea groups is 1. The molecule has 1 aliphatic rings. The summed E-state index contributed by atoms with van der Waals surface area (Å²) in [4.78, 5) is 39.0. The Morgan fingerprint density at radius 2 is 1.85 bits per heavy atom. The molecule has 4 amide bonds. The summed E-state index contributed by atoms with van der Waals surface area (Å²) in [5.41, 5.74) is -0.332. The number of hydrogen-bond donors (Lipinski definition) is 2. The van der Waals surface area contributed by atoms with Crippen LogP contribution in [-0.4, -0.2) is 35.3 Å². The van der Waals surface area contributed by atoms with E-state index in [9.17, 15) is 14.4 Å². The summed E-state index contributed by atoms with van der Waals surface area (Å²) in [7, 11) is 0. The minimum absolute atomic E-state index is 0.0272. The molecular weight excluding hydrogens is 342 g/mol. The highest BCUT2D eigenvalue weighted by atomic mass is 16.2. The Bertz CT molecular complexity index is 662. The van der Waals surface area contributed by atoms with Gasteiger partial charge >= 0.3 is 6.03 Å². The molecule has 2 atom stereocenters. The largest absolute Gasteiger partial charge is 0.352 e. The number of nitrogens with zero attached hydrogens (tertiary/aromatic N) is 1. The van der Waals surface area contributed by atoms with Crippen LogP contribution in [0.15, 0.2) is 30.3 Å². The molecule has 0 bridgehead atoms. The van der Waals surface area contributed by atoms with Gasteiger partial charge < -0.3 is 10.6 Å². The lowest BCUT2D eigenvalue weighted by molar-refractivity contribution is -0.135. The number of amides is 4. The fourth-order valence-electron chi connectivity index (χ4n) is 3.61. The Labute approximate surface area is 161 Å². The van der Waals surface area contributed by atoms with Crippen LogP contribution in [0, 0.1) is 0 Å². The van der Waals surface area contributed by atoms with E-state index in [2.05, 4.69) is 17.6 Å². The van der Waals surface area contributed by atoms with Crippen molar-refractivity contribution in [1.82, 2.24) is 15.5 Å². The van der Waals surface area contributed by atoms with E-state index in [1.54, 1.807) is 0 Å². The number of nitrogens with one attached hydrogen (secondary N) is 2. The van der Waals surface area contributed by atoms with Gasteiger partial charge in [-0.15, -0.1) is 0 Å². The highest BCUT2D eigenvalue weighted by Crippen LogP contribution is 2.33. The maximum Gasteiger partial charge on any atom is 0.325 e. The molecule has 0 radical (unpaired) electrons. The van der Waals surface area contributed by atoms with Gasteiger partial charge in [0.15, 0.2) is 0 Å². The zero-order valence-electron chi connectivity index (χ0n) is 16.6. The summed E-state index contributed by atoms with van der Waals surface area (Å²) in [6, 6.07) is 8.76. The molecule has 1 saturated heterocycles. The first-order valence-corrected chi connectivity index (χ1v) is 9.93. The Balaban J connectivity index is 2.07. The van der Waals surface area contributed by atoms with Gasteiger partial charge in [-0.1, -0.05) is 69.9 Å². The van der Waals surface area contributed by atoms with Crippen LogP contribution in [0.4, 0.5) is 4.79 Å². The van der Waals surface area contributed by atoms with E-state index in [-0.39, 0.29) is 24.4 Å². The number of carbonyl (C=O) groups excluding carboxylic acids is 3. The summed E-state index contributed by atoms with van der Waals surface area (Å²) in [6.07, 6.45) is 5.42. The Morgan fingerprint density at radius 3 is 2.48 bits per heavy atom. The number of rotatable bonds is 10. The Hall–Kier alpha value is -2.37. The third-order valence-electron chi connectivity index (χ3n) is 5.02. The van der Waals surface area contributed by atoms with Crippen LogP contribution >= 0.6 is 0 Å². The number of carbonyl (C=O) groups is 3. The molecule has 0 aliphatic carbocycles. The van der Waals surface area contributed by atoms with E-state index in [1.807, 2.05) is 44.2 Å². The first kappa shape index (κ1) is 20.9. The molecule has 1 aliphatic heterocycles. The molecule has 1 fully saturated rings. The third kappa shape index (κ3) is 4.87. The van der Waals surface area contributed by atoms with Gasteiger partial charge in [0.1, 0.15) is 12.1 Å². The second-order valence-electron chi connectivity index (χ2n) is 7.31. The van der Waals surface area contributed by atoms with E-state index < -0.39 is 11.6 Å². The second kappa shape index (κ2) is 9.53. The molecule has 6 heteroatoms. The van der Waals surface area contributed by atoms with Crippen LogP contribution in [0.25, 0.3) is 0 Å². The lowest BCUT2D eigenvalue weighted by Gasteiger charge is -2.27. The lowest BCUT2D eigenvalue weighted by atomic mass is 9.85. The van der Waals surface area contributed by atoms with Gasteiger partial charge in [0, 0.05) is 6.04 Å². The average molecular weight is 373 g/mol. The van der Waals surface area contributed by atoms with Crippen molar-refractivity contribution in [3.63, 3.8) is 0 Å². The molecule has 2 N–H and O–H groups in total. The molecule has 27 heavy (non-hydrogen) atoms. The molecule has 0 spiro atoms. The minimum Gasteiger partial charge on any atom is -0.352 e. The van der Waals surface area contributed by atoms with Crippen LogP contribution < -0.4 is 10.6 Å². The van der Waals surface area contributed by atoms with Gasteiger partial charge in [-0.3, -0.25) is 14.5 Å². The molecule has 0 unspecified atom stereocenters. The highest BCUT2D eigenvalue weighted by Gasteiger charge is 2.52. The van der Waals surface area contributed by atoms with E-state index in [0.717, 1.165) is 42.6 Å². The van der Waals surface area contributed by atoms with Crippen molar-refractivity contribution in [2.75, 3.05) is 6.54 Å². The Kier molecular flexibility index (Phi) is 7.39. The van der Waals surface area contributed by atoms with E-state index >= 15 is 0 Å². The standard InChI is InChI=1S/C21H31N3O3/c1-4-6-8-11-16(3)22-18(25)15-24-19(26)21(14-5-2,23-20(24)27)17-12-9-7-10-13-17/h7,9-10,12-13,16H,4-6,8,11,14-15H2,1-3H3,(H,22,25)(H,23,27)/t16-,21+/m1/s1. The predicted molar refractivity (Wildman–Crippen MR) is 105 cm³/mol. The molecule has 0 aromatic heterocycles. The van der Waals surface area contributed by atoms with Crippen LogP contribution in [0.3, 0.4) is 0 Å². The van der Waals surface area contributed by atoms with Crippen molar-refractivity contribution in [3.05, 3.63) is 35.9 Å². The van der Waals surface area contributed by atoms with Crippen LogP contribution in [-0.2, 0) is 15.1 Å². The van der Waals surface area contributed by atoms with E-state index in [4.69, 9.17) is 0 Å². The van der Waals surface area contributed by atoms with E-state index in [1.165, 1.54) is 0 Å². The lowest BCUT2D eigenvalue weighted by Crippen LogP contribution is -2.46. The van der Waals surface area contributed by atoms with Crippen molar-refractivity contribution in [2.45, 2.75) is 70.9 Å². The first-order valence-electron chi connectivity index (χ1n) is 9.93. The maximum absolute atomic E-state index is 13.1. The normalized spacial score (nSPS) is 20.5. The minimum atomic E-state index is -1.08. The van der Waals surface area contributed by atoms with Crippen molar-refractivity contribution < 1.29 is 14.4 Å². The summed E-state index contributed by atoms with van der Waals surface area (Å²) in [5.74, 6) is -0.655. The third-order valence-corrected chi connectivity index (χ3v) is 5.02. The zero-order valence-corrected chi connectivity index (χ0v) is 16.6. The van der Waals surface area contributed by atoms with Crippen molar-refractivity contribution in [1.29, 1.82) is 0 Å². The molecule has 1 aromatic rings. The fourth-order valence-corrected chi connectivity index (χ4v) is 3.61. The van der Waals surface area contributed by atoms with Crippen LogP contribution in [0.5, 0.6) is 0 Å². The molecule has 1 heterocycles. The summed E-state index contributed by atoms with van der Waals surface area (Å²) >= 11 is 0. The maximum atomic E-state index is 13.1. The molecule has 0 saturated carbocycles. The number of benzene rings is 1. The van der Waals surface area contributed by atoms with Gasteiger partial charge in [-0.25, -0.2) is 4.79 Å². The Morgan fingerprint density at radius 1 is 1.15 bits per heavy atom. The summed E-state index contributed by atoms with van der Waals surface area (Å²) < 4.78 is 0. The monoisotopic (exact) mass is 373 g/mol. The number of imide groups is 1.